The van der Waals surface area contributed by atoms with Crippen LogP contribution < -0.4 is 10.1 Å². The van der Waals surface area contributed by atoms with Crippen molar-refractivity contribution in [2.24, 2.45) is 5.41 Å². The van der Waals surface area contributed by atoms with Crippen molar-refractivity contribution in [2.45, 2.75) is 33.1 Å². The molecule has 1 heterocycles. The Morgan fingerprint density at radius 3 is 2.88 bits per heavy atom. The number of urea groups is 1. The van der Waals surface area contributed by atoms with Crippen LogP contribution in [0.3, 0.4) is 0 Å². The van der Waals surface area contributed by atoms with Gasteiger partial charge in [-0.1, -0.05) is 19.1 Å². The van der Waals surface area contributed by atoms with Gasteiger partial charge < -0.3 is 20.1 Å². The molecule has 0 aromatic heterocycles. The molecule has 0 bridgehead atoms. The number of aliphatic carboxylic acids is 1. The van der Waals surface area contributed by atoms with E-state index in [1.807, 2.05) is 24.3 Å². The maximum absolute atomic E-state index is 12.2. The van der Waals surface area contributed by atoms with E-state index < -0.39 is 11.4 Å². The number of ether oxygens (including phenoxy) is 1. The highest BCUT2D eigenvalue weighted by atomic mass is 16.5. The van der Waals surface area contributed by atoms with Gasteiger partial charge in [0.2, 0.25) is 0 Å². The molecule has 0 saturated carbocycles. The van der Waals surface area contributed by atoms with Crippen molar-refractivity contribution >= 4 is 12.0 Å². The summed E-state index contributed by atoms with van der Waals surface area (Å²) in [7, 11) is 0. The topological polar surface area (TPSA) is 78.9 Å². The zero-order valence-electron chi connectivity index (χ0n) is 14.4. The molecule has 6 nitrogen and oxygen atoms in total. The van der Waals surface area contributed by atoms with E-state index in [1.54, 1.807) is 11.8 Å². The first-order valence-electron chi connectivity index (χ1n) is 8.42. The Labute approximate surface area is 142 Å². The maximum atomic E-state index is 12.2. The lowest BCUT2D eigenvalue weighted by atomic mass is 9.90. The number of likely N-dealkylation sites (tertiary alicyclic amines) is 1. The second-order valence-corrected chi connectivity index (χ2v) is 6.52. The number of carbonyl (C=O) groups excluding carboxylic acids is 1. The van der Waals surface area contributed by atoms with Crippen LogP contribution in [0.4, 0.5) is 4.79 Å². The minimum Gasteiger partial charge on any atom is -0.494 e. The molecule has 0 aliphatic carbocycles. The van der Waals surface area contributed by atoms with E-state index in [2.05, 4.69) is 12.2 Å². The van der Waals surface area contributed by atoms with Crippen LogP contribution in [-0.4, -0.2) is 48.2 Å². The molecule has 1 unspecified atom stereocenters. The zero-order chi connectivity index (χ0) is 17.6. The van der Waals surface area contributed by atoms with Gasteiger partial charge in [0.1, 0.15) is 5.75 Å². The first kappa shape index (κ1) is 18.1. The molecule has 1 aliphatic rings. The highest BCUT2D eigenvalue weighted by Crippen LogP contribution is 2.29. The molecule has 1 atom stereocenters. The van der Waals surface area contributed by atoms with Crippen LogP contribution in [0.5, 0.6) is 5.75 Å². The highest BCUT2D eigenvalue weighted by molar-refractivity contribution is 5.79. The number of rotatable bonds is 7. The van der Waals surface area contributed by atoms with Gasteiger partial charge in [-0.15, -0.1) is 0 Å². The molecule has 0 spiro atoms. The van der Waals surface area contributed by atoms with Gasteiger partial charge in [0.25, 0.3) is 0 Å². The number of nitrogens with one attached hydrogen (secondary N) is 1. The average Bonchev–Trinajstić information content (AvgIpc) is 2.97. The van der Waals surface area contributed by atoms with E-state index in [4.69, 9.17) is 4.74 Å². The lowest BCUT2D eigenvalue weighted by Crippen LogP contribution is -2.41. The molecule has 1 aliphatic heterocycles. The van der Waals surface area contributed by atoms with E-state index in [0.29, 0.717) is 32.5 Å². The van der Waals surface area contributed by atoms with Crippen LogP contribution in [0, 0.1) is 5.41 Å². The van der Waals surface area contributed by atoms with Gasteiger partial charge >= 0.3 is 12.0 Å². The van der Waals surface area contributed by atoms with E-state index in [0.717, 1.165) is 17.7 Å². The summed E-state index contributed by atoms with van der Waals surface area (Å²) in [6.07, 6.45) is 2.16. The standard InChI is InChI=1S/C18H26N2O4/c1-3-11-24-15-6-4-5-14(12-15)7-9-19-17(23)20-10-8-18(2,13-20)16(21)22/h4-6,12H,3,7-11,13H2,1-2H3,(H,19,23)(H,21,22). The number of hydrogen-bond acceptors (Lipinski definition) is 3. The van der Waals surface area contributed by atoms with Crippen LogP contribution in [0.25, 0.3) is 0 Å². The maximum Gasteiger partial charge on any atom is 0.317 e. The molecular weight excluding hydrogens is 308 g/mol. The van der Waals surface area contributed by atoms with Crippen molar-refractivity contribution in [2.75, 3.05) is 26.2 Å². The summed E-state index contributed by atoms with van der Waals surface area (Å²) < 4.78 is 5.60. The predicted molar refractivity (Wildman–Crippen MR) is 91.3 cm³/mol. The molecule has 2 rings (SSSR count). The third-order valence-electron chi connectivity index (χ3n) is 4.34. The van der Waals surface area contributed by atoms with Gasteiger partial charge in [0.15, 0.2) is 0 Å². The fourth-order valence-corrected chi connectivity index (χ4v) is 2.75. The average molecular weight is 334 g/mol. The Morgan fingerprint density at radius 1 is 1.42 bits per heavy atom. The molecule has 1 fully saturated rings. The third-order valence-corrected chi connectivity index (χ3v) is 4.34. The number of carboxylic acid groups (broad SMARTS) is 1. The third kappa shape index (κ3) is 4.63. The molecule has 24 heavy (non-hydrogen) atoms. The Balaban J connectivity index is 1.78. The fraction of sp³-hybridized carbons (Fsp3) is 0.556. The normalized spacial score (nSPS) is 20.0. The minimum absolute atomic E-state index is 0.196. The number of carbonyl (C=O) groups is 2. The monoisotopic (exact) mass is 334 g/mol. The summed E-state index contributed by atoms with van der Waals surface area (Å²) in [6.45, 7) is 5.69. The van der Waals surface area contributed by atoms with Crippen molar-refractivity contribution in [3.63, 3.8) is 0 Å². The summed E-state index contributed by atoms with van der Waals surface area (Å²) in [6, 6.07) is 7.66. The molecule has 2 N–H and O–H groups in total. The highest BCUT2D eigenvalue weighted by Gasteiger charge is 2.42. The fourth-order valence-electron chi connectivity index (χ4n) is 2.75. The van der Waals surface area contributed by atoms with E-state index in [9.17, 15) is 14.7 Å². The van der Waals surface area contributed by atoms with Crippen LogP contribution in [-0.2, 0) is 11.2 Å². The summed E-state index contributed by atoms with van der Waals surface area (Å²) in [4.78, 5) is 25.0. The van der Waals surface area contributed by atoms with E-state index in [1.165, 1.54) is 0 Å². The van der Waals surface area contributed by atoms with Gasteiger partial charge in [-0.25, -0.2) is 4.79 Å². The largest absolute Gasteiger partial charge is 0.494 e. The van der Waals surface area contributed by atoms with Crippen molar-refractivity contribution in [1.29, 1.82) is 0 Å². The van der Waals surface area contributed by atoms with Gasteiger partial charge in [0, 0.05) is 19.6 Å². The first-order chi connectivity index (χ1) is 11.4. The quantitative estimate of drug-likeness (QED) is 0.803. The van der Waals surface area contributed by atoms with Crippen LogP contribution in [0.2, 0.25) is 0 Å². The molecule has 0 radical (unpaired) electrons. The SMILES string of the molecule is CCCOc1cccc(CCNC(=O)N2CCC(C)(C(=O)O)C2)c1. The molecule has 1 saturated heterocycles. The zero-order valence-corrected chi connectivity index (χ0v) is 14.4. The van der Waals surface area contributed by atoms with Crippen LogP contribution in [0.1, 0.15) is 32.3 Å². The minimum atomic E-state index is -0.846. The second-order valence-electron chi connectivity index (χ2n) is 6.52. The lowest BCUT2D eigenvalue weighted by Gasteiger charge is -2.20. The van der Waals surface area contributed by atoms with Gasteiger partial charge in [-0.3, -0.25) is 4.79 Å². The number of carboxylic acids is 1. The number of nitrogens with zero attached hydrogens (tertiary/aromatic N) is 1. The smallest absolute Gasteiger partial charge is 0.317 e. The summed E-state index contributed by atoms with van der Waals surface area (Å²) in [5, 5.41) is 12.1. The Kier molecular flexibility index (Phi) is 6.06. The number of amides is 2. The van der Waals surface area contributed by atoms with Crippen molar-refractivity contribution in [3.05, 3.63) is 29.8 Å². The Morgan fingerprint density at radius 2 is 2.21 bits per heavy atom. The van der Waals surface area contributed by atoms with Crippen LogP contribution in [0.15, 0.2) is 24.3 Å². The van der Waals surface area contributed by atoms with Gasteiger partial charge in [0.05, 0.1) is 12.0 Å². The summed E-state index contributed by atoms with van der Waals surface area (Å²) in [5.74, 6) is -0.000798. The van der Waals surface area contributed by atoms with E-state index >= 15 is 0 Å². The Hall–Kier alpha value is -2.24. The first-order valence-corrected chi connectivity index (χ1v) is 8.42. The van der Waals surface area contributed by atoms with Crippen LogP contribution >= 0.6 is 0 Å². The predicted octanol–water partition coefficient (Wildman–Crippen LogP) is 2.52. The molecule has 1 aromatic carbocycles. The van der Waals surface area contributed by atoms with E-state index in [-0.39, 0.29) is 12.6 Å². The number of hydrogen-bond donors (Lipinski definition) is 2. The lowest BCUT2D eigenvalue weighted by molar-refractivity contribution is -0.146. The molecule has 132 valence electrons. The van der Waals surface area contributed by atoms with Gasteiger partial charge in [-0.05, 0) is 43.9 Å². The second kappa shape index (κ2) is 8.04. The van der Waals surface area contributed by atoms with Crippen molar-refractivity contribution in [1.82, 2.24) is 10.2 Å². The van der Waals surface area contributed by atoms with Crippen molar-refractivity contribution < 1.29 is 19.4 Å². The van der Waals surface area contributed by atoms with Gasteiger partial charge in [-0.2, -0.15) is 0 Å². The van der Waals surface area contributed by atoms with Crippen molar-refractivity contribution in [3.8, 4) is 5.75 Å². The molecule has 6 heteroatoms. The Bertz CT molecular complexity index is 590. The summed E-state index contributed by atoms with van der Waals surface area (Å²) >= 11 is 0. The molecule has 2 amide bonds. The number of benzene rings is 1. The molecular formula is C18H26N2O4. The molecule has 1 aromatic rings. The summed E-state index contributed by atoms with van der Waals surface area (Å²) in [5.41, 5.74) is 0.267.